The molecule has 0 aliphatic carbocycles. The highest BCUT2D eigenvalue weighted by atomic mass is 16.2. The van der Waals surface area contributed by atoms with E-state index in [0.29, 0.717) is 12.2 Å². The minimum absolute atomic E-state index is 0.0169. The number of nitrogen functional groups attached to an aromatic ring is 1. The van der Waals surface area contributed by atoms with Crippen LogP contribution in [0.15, 0.2) is 18.6 Å². The van der Waals surface area contributed by atoms with Crippen LogP contribution < -0.4 is 5.73 Å². The van der Waals surface area contributed by atoms with Crippen molar-refractivity contribution in [3.05, 3.63) is 29.8 Å². The van der Waals surface area contributed by atoms with Crippen LogP contribution in [0.5, 0.6) is 0 Å². The van der Waals surface area contributed by atoms with Crippen molar-refractivity contribution in [2.75, 3.05) is 12.8 Å². The lowest BCUT2D eigenvalue weighted by Gasteiger charge is -2.17. The molecule has 2 heterocycles. The molecule has 1 amide bonds. The molecular weight excluding hydrogens is 256 g/mol. The average molecular weight is 276 g/mol. The van der Waals surface area contributed by atoms with Crippen LogP contribution in [0.2, 0.25) is 0 Å². The van der Waals surface area contributed by atoms with Gasteiger partial charge in [-0.3, -0.25) is 14.2 Å². The van der Waals surface area contributed by atoms with Crippen LogP contribution in [0, 0.1) is 6.92 Å². The second-order valence-corrected chi connectivity index (χ2v) is 4.79. The van der Waals surface area contributed by atoms with Crippen LogP contribution in [-0.2, 0) is 24.4 Å². The Kier molecular flexibility index (Phi) is 4.07. The molecule has 0 atom stereocenters. The molecule has 0 fully saturated rings. The number of nitrogens with zero attached hydrogens (tertiary/aromatic N) is 5. The van der Waals surface area contributed by atoms with Crippen molar-refractivity contribution < 1.29 is 4.79 Å². The zero-order chi connectivity index (χ0) is 14.7. The van der Waals surface area contributed by atoms with Crippen LogP contribution in [0.3, 0.4) is 0 Å². The van der Waals surface area contributed by atoms with Gasteiger partial charge in [-0.2, -0.15) is 10.2 Å². The fraction of sp³-hybridized carbons (Fsp3) is 0.462. The lowest BCUT2D eigenvalue weighted by molar-refractivity contribution is -0.131. The second kappa shape index (κ2) is 5.77. The van der Waals surface area contributed by atoms with Gasteiger partial charge in [0.05, 0.1) is 18.1 Å². The van der Waals surface area contributed by atoms with Gasteiger partial charge in [0.15, 0.2) is 0 Å². The van der Waals surface area contributed by atoms with Crippen molar-refractivity contribution >= 4 is 11.6 Å². The Morgan fingerprint density at radius 2 is 2.15 bits per heavy atom. The molecule has 0 saturated heterocycles. The summed E-state index contributed by atoms with van der Waals surface area (Å²) in [5.41, 5.74) is 8.28. The van der Waals surface area contributed by atoms with Gasteiger partial charge in [0, 0.05) is 37.6 Å². The molecule has 7 heteroatoms. The molecule has 2 aromatic heterocycles. The summed E-state index contributed by atoms with van der Waals surface area (Å²) in [6.45, 7) is 5.62. The molecule has 0 aromatic carbocycles. The van der Waals surface area contributed by atoms with E-state index in [1.54, 1.807) is 18.1 Å². The van der Waals surface area contributed by atoms with Gasteiger partial charge < -0.3 is 10.6 Å². The highest BCUT2D eigenvalue weighted by Gasteiger charge is 2.13. The topological polar surface area (TPSA) is 82.0 Å². The number of aromatic nitrogens is 4. The molecule has 20 heavy (non-hydrogen) atoms. The Morgan fingerprint density at radius 1 is 1.40 bits per heavy atom. The quantitative estimate of drug-likeness (QED) is 0.869. The van der Waals surface area contributed by atoms with E-state index in [1.807, 2.05) is 24.7 Å². The van der Waals surface area contributed by atoms with Gasteiger partial charge in [0.25, 0.3) is 0 Å². The molecule has 0 radical (unpaired) electrons. The van der Waals surface area contributed by atoms with Gasteiger partial charge in [-0.05, 0) is 13.8 Å². The molecular formula is C13H20N6O. The number of aryl methyl sites for hydroxylation is 1. The van der Waals surface area contributed by atoms with Crippen molar-refractivity contribution in [1.29, 1.82) is 0 Å². The number of rotatable bonds is 5. The molecule has 0 aliphatic heterocycles. The smallest absolute Gasteiger partial charge is 0.244 e. The maximum absolute atomic E-state index is 12.1. The number of hydrogen-bond donors (Lipinski definition) is 1. The van der Waals surface area contributed by atoms with E-state index in [1.165, 1.54) is 10.9 Å². The third kappa shape index (κ3) is 2.98. The van der Waals surface area contributed by atoms with E-state index in [4.69, 9.17) is 5.73 Å². The summed E-state index contributed by atoms with van der Waals surface area (Å²) in [6.07, 6.45) is 4.99. The zero-order valence-electron chi connectivity index (χ0n) is 12.1. The molecule has 108 valence electrons. The van der Waals surface area contributed by atoms with Gasteiger partial charge >= 0.3 is 0 Å². The molecule has 0 saturated carbocycles. The number of likely N-dealkylation sites (N-methyl/N-ethyl adjacent to an activating group) is 1. The van der Waals surface area contributed by atoms with E-state index in [-0.39, 0.29) is 12.5 Å². The summed E-state index contributed by atoms with van der Waals surface area (Å²) >= 11 is 0. The van der Waals surface area contributed by atoms with Crippen molar-refractivity contribution in [2.24, 2.45) is 0 Å². The van der Waals surface area contributed by atoms with Crippen LogP contribution in [-0.4, -0.2) is 37.4 Å². The van der Waals surface area contributed by atoms with Gasteiger partial charge in [-0.15, -0.1) is 0 Å². The van der Waals surface area contributed by atoms with Gasteiger partial charge in [-0.1, -0.05) is 0 Å². The maximum atomic E-state index is 12.1. The van der Waals surface area contributed by atoms with Gasteiger partial charge in [0.1, 0.15) is 6.54 Å². The normalized spacial score (nSPS) is 10.8. The fourth-order valence-electron chi connectivity index (χ4n) is 2.03. The Morgan fingerprint density at radius 3 is 2.70 bits per heavy atom. The highest BCUT2D eigenvalue weighted by molar-refractivity contribution is 5.75. The Balaban J connectivity index is 1.98. The number of nitrogens with two attached hydrogens (primary N) is 1. The van der Waals surface area contributed by atoms with Crippen molar-refractivity contribution in [3.63, 3.8) is 0 Å². The third-order valence-corrected chi connectivity index (χ3v) is 3.29. The largest absolute Gasteiger partial charge is 0.396 e. The highest BCUT2D eigenvalue weighted by Crippen LogP contribution is 2.10. The Labute approximate surface area is 118 Å². The van der Waals surface area contributed by atoms with E-state index >= 15 is 0 Å². The number of anilines is 1. The lowest BCUT2D eigenvalue weighted by Crippen LogP contribution is -2.30. The van der Waals surface area contributed by atoms with Crippen LogP contribution >= 0.6 is 0 Å². The average Bonchev–Trinajstić information content (AvgIpc) is 2.97. The molecule has 0 spiro atoms. The summed E-state index contributed by atoms with van der Waals surface area (Å²) in [7, 11) is 1.78. The molecule has 2 N–H and O–H groups in total. The van der Waals surface area contributed by atoms with Crippen LogP contribution in [0.25, 0.3) is 0 Å². The predicted molar refractivity (Wildman–Crippen MR) is 75.8 cm³/mol. The summed E-state index contributed by atoms with van der Waals surface area (Å²) in [6, 6.07) is 0. The minimum Gasteiger partial charge on any atom is -0.396 e. The van der Waals surface area contributed by atoms with Crippen molar-refractivity contribution in [1.82, 2.24) is 24.5 Å². The van der Waals surface area contributed by atoms with Crippen molar-refractivity contribution in [3.8, 4) is 0 Å². The first-order chi connectivity index (χ1) is 9.51. The van der Waals surface area contributed by atoms with E-state index < -0.39 is 0 Å². The first-order valence-electron chi connectivity index (χ1n) is 6.54. The first-order valence-corrected chi connectivity index (χ1v) is 6.54. The predicted octanol–water partition coefficient (Wildman–Crippen LogP) is 0.649. The molecule has 0 bridgehead atoms. The standard InChI is InChI=1S/C13H20N6O/c1-4-19-10(2)11(5-16-19)7-17(3)13(20)9-18-8-12(14)6-15-18/h5-6,8H,4,7,9,14H2,1-3H3. The van der Waals surface area contributed by atoms with Crippen molar-refractivity contribution in [2.45, 2.75) is 33.5 Å². The summed E-state index contributed by atoms with van der Waals surface area (Å²) in [5.74, 6) is -0.0169. The molecule has 2 aromatic rings. The molecule has 2 rings (SSSR count). The van der Waals surface area contributed by atoms with Gasteiger partial charge in [0.2, 0.25) is 5.91 Å². The Bertz CT molecular complexity index is 600. The monoisotopic (exact) mass is 276 g/mol. The van der Waals surface area contributed by atoms with Crippen LogP contribution in [0.4, 0.5) is 5.69 Å². The van der Waals surface area contributed by atoms with Gasteiger partial charge in [-0.25, -0.2) is 0 Å². The lowest BCUT2D eigenvalue weighted by atomic mass is 10.2. The molecule has 7 nitrogen and oxygen atoms in total. The van der Waals surface area contributed by atoms with E-state index in [0.717, 1.165) is 17.8 Å². The number of amides is 1. The Hall–Kier alpha value is -2.31. The number of carbonyl (C=O) groups is 1. The van der Waals surface area contributed by atoms with Crippen LogP contribution in [0.1, 0.15) is 18.2 Å². The number of carbonyl (C=O) groups excluding carboxylic acids is 1. The van der Waals surface area contributed by atoms with E-state index in [2.05, 4.69) is 10.2 Å². The SMILES string of the molecule is CCn1ncc(CN(C)C(=O)Cn2cc(N)cn2)c1C. The molecule has 0 aliphatic rings. The maximum Gasteiger partial charge on any atom is 0.244 e. The van der Waals surface area contributed by atoms with E-state index in [9.17, 15) is 4.79 Å². The summed E-state index contributed by atoms with van der Waals surface area (Å²) in [5, 5.41) is 8.29. The minimum atomic E-state index is -0.0169. The first kappa shape index (κ1) is 14.1. The summed E-state index contributed by atoms with van der Waals surface area (Å²) in [4.78, 5) is 13.8. The third-order valence-electron chi connectivity index (χ3n) is 3.29. The molecule has 0 unspecified atom stereocenters. The number of hydrogen-bond acceptors (Lipinski definition) is 4. The zero-order valence-corrected chi connectivity index (χ0v) is 12.1. The second-order valence-electron chi connectivity index (χ2n) is 4.79. The summed E-state index contributed by atoms with van der Waals surface area (Å²) < 4.78 is 3.46. The fourth-order valence-corrected chi connectivity index (χ4v) is 2.03.